The van der Waals surface area contributed by atoms with Crippen molar-refractivity contribution in [2.45, 2.75) is 45.2 Å². The van der Waals surface area contributed by atoms with Gasteiger partial charge in [0, 0.05) is 29.0 Å². The lowest BCUT2D eigenvalue weighted by atomic mass is 10.1. The van der Waals surface area contributed by atoms with E-state index in [-0.39, 0.29) is 12.4 Å². The minimum absolute atomic E-state index is 0.140. The number of nitrogens with zero attached hydrogens (tertiary/aromatic N) is 2. The van der Waals surface area contributed by atoms with Gasteiger partial charge in [0.15, 0.2) is 5.13 Å². The van der Waals surface area contributed by atoms with Gasteiger partial charge < -0.3 is 10.1 Å². The van der Waals surface area contributed by atoms with E-state index in [1.165, 1.54) is 17.4 Å². The third-order valence-electron chi connectivity index (χ3n) is 4.50. The number of aromatic nitrogens is 2. The zero-order valence-corrected chi connectivity index (χ0v) is 17.5. The van der Waals surface area contributed by atoms with Gasteiger partial charge in [-0.3, -0.25) is 4.98 Å². The summed E-state index contributed by atoms with van der Waals surface area (Å²) in [5.41, 5.74) is 1.09. The molecule has 0 aliphatic heterocycles. The molecule has 160 valence electrons. The first-order chi connectivity index (χ1) is 14.5. The summed E-state index contributed by atoms with van der Waals surface area (Å²) in [4.78, 5) is 8.48. The van der Waals surface area contributed by atoms with Crippen molar-refractivity contribution < 1.29 is 17.9 Å². The third-order valence-corrected chi connectivity index (χ3v) is 5.26. The summed E-state index contributed by atoms with van der Waals surface area (Å²) in [6.07, 6.45) is 3.88. The fraction of sp³-hybridized carbons (Fsp3) is 0.364. The first-order valence-corrected chi connectivity index (χ1v) is 10.8. The average Bonchev–Trinajstić information content (AvgIpc) is 3.20. The summed E-state index contributed by atoms with van der Waals surface area (Å²) in [6, 6.07) is 7.69. The van der Waals surface area contributed by atoms with Crippen molar-refractivity contribution >= 4 is 22.2 Å². The van der Waals surface area contributed by atoms with Gasteiger partial charge in [-0.05, 0) is 36.8 Å². The van der Waals surface area contributed by atoms with Crippen molar-refractivity contribution in [1.82, 2.24) is 9.97 Å². The first-order valence-electron chi connectivity index (χ1n) is 9.94. The van der Waals surface area contributed by atoms with E-state index in [9.17, 15) is 13.2 Å². The zero-order valence-electron chi connectivity index (χ0n) is 16.7. The second-order valence-corrected chi connectivity index (χ2v) is 7.73. The number of pyridine rings is 1. The minimum Gasteiger partial charge on any atom is -0.493 e. The third kappa shape index (κ3) is 6.19. The fourth-order valence-electron chi connectivity index (χ4n) is 2.94. The number of alkyl halides is 3. The molecule has 0 fully saturated rings. The molecule has 2 heterocycles. The van der Waals surface area contributed by atoms with Crippen LogP contribution in [0.4, 0.5) is 24.0 Å². The van der Waals surface area contributed by atoms with E-state index in [1.807, 2.05) is 11.4 Å². The molecule has 4 nitrogen and oxygen atoms in total. The quantitative estimate of drug-likeness (QED) is 0.339. The van der Waals surface area contributed by atoms with Gasteiger partial charge in [0.2, 0.25) is 0 Å². The van der Waals surface area contributed by atoms with Crippen LogP contribution in [0, 0.1) is 0 Å². The second-order valence-electron chi connectivity index (χ2n) is 6.88. The van der Waals surface area contributed by atoms with Crippen LogP contribution in [0.1, 0.15) is 44.6 Å². The molecule has 0 saturated carbocycles. The molecule has 30 heavy (non-hydrogen) atoms. The number of unbranched alkanes of at least 4 members (excludes halogenated alkanes) is 4. The molecular formula is C22H24F3N3OS. The number of thiazole rings is 1. The smallest absolute Gasteiger partial charge is 0.420 e. The van der Waals surface area contributed by atoms with Crippen molar-refractivity contribution in [2.24, 2.45) is 0 Å². The molecule has 3 rings (SSSR count). The Labute approximate surface area is 178 Å². The van der Waals surface area contributed by atoms with E-state index in [0.29, 0.717) is 10.8 Å². The normalized spacial score (nSPS) is 11.5. The number of hydrogen-bond acceptors (Lipinski definition) is 5. The topological polar surface area (TPSA) is 47.0 Å². The first kappa shape index (κ1) is 22.1. The molecule has 0 bridgehead atoms. The van der Waals surface area contributed by atoms with Gasteiger partial charge in [0.25, 0.3) is 0 Å². The van der Waals surface area contributed by atoms with Crippen LogP contribution in [0.5, 0.6) is 5.75 Å². The Balaban J connectivity index is 1.68. The lowest BCUT2D eigenvalue weighted by Crippen LogP contribution is -2.10. The SMILES string of the molecule is CCCCCCCOc1ccc(Nc2nc(-c3cccnc3)cs2)cc1C(F)(F)F. The maximum Gasteiger partial charge on any atom is 0.420 e. The summed E-state index contributed by atoms with van der Waals surface area (Å²) in [7, 11) is 0. The summed E-state index contributed by atoms with van der Waals surface area (Å²) in [6.45, 7) is 2.40. The minimum atomic E-state index is -4.50. The van der Waals surface area contributed by atoms with Crippen LogP contribution in [0.3, 0.4) is 0 Å². The second kappa shape index (κ2) is 10.4. The monoisotopic (exact) mass is 435 g/mol. The average molecular weight is 436 g/mol. The standard InChI is InChI=1S/C22H24F3N3OS/c1-2-3-4-5-6-12-29-20-10-9-17(13-18(20)22(23,24)25)27-21-28-19(15-30-21)16-8-7-11-26-14-16/h7-11,13-15H,2-6,12H2,1H3,(H,27,28). The largest absolute Gasteiger partial charge is 0.493 e. The van der Waals surface area contributed by atoms with Gasteiger partial charge in [0.05, 0.1) is 17.9 Å². The van der Waals surface area contributed by atoms with Crippen molar-refractivity contribution in [1.29, 1.82) is 0 Å². The zero-order chi connectivity index (χ0) is 21.4. The highest BCUT2D eigenvalue weighted by molar-refractivity contribution is 7.14. The molecule has 0 spiro atoms. The van der Waals surface area contributed by atoms with Crippen molar-refractivity contribution in [3.63, 3.8) is 0 Å². The fourth-order valence-corrected chi connectivity index (χ4v) is 3.68. The van der Waals surface area contributed by atoms with Crippen LogP contribution < -0.4 is 10.1 Å². The summed E-state index contributed by atoms with van der Waals surface area (Å²) in [5, 5.41) is 5.30. The van der Waals surface area contributed by atoms with E-state index < -0.39 is 11.7 Å². The number of rotatable bonds is 10. The number of anilines is 2. The Hall–Kier alpha value is -2.61. The van der Waals surface area contributed by atoms with Crippen LogP contribution in [0.25, 0.3) is 11.3 Å². The van der Waals surface area contributed by atoms with Gasteiger partial charge in [-0.15, -0.1) is 11.3 Å². The lowest BCUT2D eigenvalue weighted by molar-refractivity contribution is -0.138. The summed E-state index contributed by atoms with van der Waals surface area (Å²) >= 11 is 1.32. The Morgan fingerprint density at radius 2 is 1.93 bits per heavy atom. The number of benzene rings is 1. The molecule has 8 heteroatoms. The Kier molecular flexibility index (Phi) is 7.68. The van der Waals surface area contributed by atoms with Gasteiger partial charge in [-0.25, -0.2) is 4.98 Å². The lowest BCUT2D eigenvalue weighted by Gasteiger charge is -2.15. The van der Waals surface area contributed by atoms with Crippen molar-refractivity contribution in [2.75, 3.05) is 11.9 Å². The molecule has 0 saturated heterocycles. The summed E-state index contributed by atoms with van der Waals surface area (Å²) < 4.78 is 46.1. The molecule has 3 aromatic rings. The van der Waals surface area contributed by atoms with Crippen LogP contribution in [0.15, 0.2) is 48.1 Å². The van der Waals surface area contributed by atoms with Crippen molar-refractivity contribution in [3.05, 3.63) is 53.7 Å². The molecule has 0 amide bonds. The highest BCUT2D eigenvalue weighted by Gasteiger charge is 2.34. The maximum absolute atomic E-state index is 13.5. The van der Waals surface area contributed by atoms with E-state index in [0.717, 1.165) is 49.4 Å². The molecular weight excluding hydrogens is 411 g/mol. The molecule has 0 unspecified atom stereocenters. The van der Waals surface area contributed by atoms with Gasteiger partial charge >= 0.3 is 6.18 Å². The number of nitrogens with one attached hydrogen (secondary N) is 1. The molecule has 1 aromatic carbocycles. The van der Waals surface area contributed by atoms with Crippen LogP contribution in [0.2, 0.25) is 0 Å². The highest BCUT2D eigenvalue weighted by atomic mass is 32.1. The molecule has 0 atom stereocenters. The van der Waals surface area contributed by atoms with E-state index in [4.69, 9.17) is 4.74 Å². The molecule has 0 aliphatic carbocycles. The maximum atomic E-state index is 13.5. The number of ether oxygens (including phenoxy) is 1. The Bertz CT molecular complexity index is 929. The van der Waals surface area contributed by atoms with Crippen molar-refractivity contribution in [3.8, 4) is 17.0 Å². The highest BCUT2D eigenvalue weighted by Crippen LogP contribution is 2.39. The van der Waals surface area contributed by atoms with E-state index >= 15 is 0 Å². The van der Waals surface area contributed by atoms with Crippen LogP contribution in [-0.4, -0.2) is 16.6 Å². The predicted molar refractivity (Wildman–Crippen MR) is 114 cm³/mol. The predicted octanol–water partition coefficient (Wildman–Crippen LogP) is 7.32. The Morgan fingerprint density at radius 3 is 2.67 bits per heavy atom. The van der Waals surface area contributed by atoms with Gasteiger partial charge in [-0.1, -0.05) is 32.6 Å². The molecule has 0 radical (unpaired) electrons. The number of halogens is 3. The molecule has 1 N–H and O–H groups in total. The van der Waals surface area contributed by atoms with Crippen LogP contribution in [-0.2, 0) is 6.18 Å². The van der Waals surface area contributed by atoms with E-state index in [1.54, 1.807) is 24.5 Å². The van der Waals surface area contributed by atoms with E-state index in [2.05, 4.69) is 22.2 Å². The summed E-state index contributed by atoms with van der Waals surface area (Å²) in [5.74, 6) is -0.140. The van der Waals surface area contributed by atoms with Gasteiger partial charge in [0.1, 0.15) is 5.75 Å². The van der Waals surface area contributed by atoms with Crippen LogP contribution >= 0.6 is 11.3 Å². The Morgan fingerprint density at radius 1 is 1.10 bits per heavy atom. The van der Waals surface area contributed by atoms with Gasteiger partial charge in [-0.2, -0.15) is 13.2 Å². The number of hydrogen-bond donors (Lipinski definition) is 1. The molecule has 0 aliphatic rings. The molecule has 2 aromatic heterocycles.